The van der Waals surface area contributed by atoms with Crippen LogP contribution in [0.1, 0.15) is 31.9 Å². The molecule has 0 saturated heterocycles. The molecule has 1 amide bonds. The van der Waals surface area contributed by atoms with E-state index >= 15 is 0 Å². The van der Waals surface area contributed by atoms with Crippen molar-refractivity contribution in [2.24, 2.45) is 0 Å². The van der Waals surface area contributed by atoms with Gasteiger partial charge in [0, 0.05) is 12.1 Å². The second-order valence-electron chi connectivity index (χ2n) is 4.85. The molecule has 0 aliphatic rings. The number of thioether (sulfide) groups is 1. The van der Waals surface area contributed by atoms with Gasteiger partial charge in [0.2, 0.25) is 5.91 Å². The van der Waals surface area contributed by atoms with Gasteiger partial charge in [-0.05, 0) is 43.0 Å². The number of carbonyl (C=O) groups excluding carboxylic acids is 1. The molecule has 0 bridgehead atoms. The van der Waals surface area contributed by atoms with Gasteiger partial charge in [0.1, 0.15) is 10.8 Å². The lowest BCUT2D eigenvalue weighted by Gasteiger charge is -2.15. The molecule has 6 heteroatoms. The molecule has 0 spiro atoms. The zero-order valence-corrected chi connectivity index (χ0v) is 13.8. The molecular weight excluding hydrogens is 296 g/mol. The summed E-state index contributed by atoms with van der Waals surface area (Å²) in [5.74, 6) is 0.761. The standard InChI is InChI=1S/C16H20N4OS/c1-4-15(21)18-13-7-5-12(6-8-13)11(2)17-14-9-10-16(22-3)20-19-14/h5-11H,4H2,1-3H3,(H,17,19)(H,18,21). The number of rotatable bonds is 6. The van der Waals surface area contributed by atoms with E-state index in [-0.39, 0.29) is 11.9 Å². The van der Waals surface area contributed by atoms with Gasteiger partial charge >= 0.3 is 0 Å². The molecule has 0 aliphatic heterocycles. The van der Waals surface area contributed by atoms with Crippen LogP contribution in [0.5, 0.6) is 0 Å². The van der Waals surface area contributed by atoms with Crippen LogP contribution in [0.3, 0.4) is 0 Å². The zero-order valence-electron chi connectivity index (χ0n) is 13.0. The van der Waals surface area contributed by atoms with Crippen LogP contribution in [-0.2, 0) is 4.79 Å². The van der Waals surface area contributed by atoms with E-state index in [9.17, 15) is 4.79 Å². The van der Waals surface area contributed by atoms with Crippen LogP contribution in [0, 0.1) is 0 Å². The van der Waals surface area contributed by atoms with Gasteiger partial charge in [-0.15, -0.1) is 22.0 Å². The lowest BCUT2D eigenvalue weighted by Crippen LogP contribution is -2.10. The van der Waals surface area contributed by atoms with E-state index in [0.29, 0.717) is 6.42 Å². The van der Waals surface area contributed by atoms with Crippen LogP contribution >= 0.6 is 11.8 Å². The first-order valence-corrected chi connectivity index (χ1v) is 8.39. The highest BCUT2D eigenvalue weighted by molar-refractivity contribution is 7.98. The molecule has 1 aromatic carbocycles. The van der Waals surface area contributed by atoms with Gasteiger partial charge in [0.15, 0.2) is 0 Å². The summed E-state index contributed by atoms with van der Waals surface area (Å²) in [5.41, 5.74) is 1.93. The smallest absolute Gasteiger partial charge is 0.224 e. The number of hydrogen-bond donors (Lipinski definition) is 2. The molecule has 1 atom stereocenters. The Morgan fingerprint density at radius 1 is 1.18 bits per heavy atom. The van der Waals surface area contributed by atoms with Gasteiger partial charge in [-0.2, -0.15) is 0 Å². The molecule has 0 aliphatic carbocycles. The van der Waals surface area contributed by atoms with Crippen LogP contribution in [0.4, 0.5) is 11.5 Å². The van der Waals surface area contributed by atoms with Crippen molar-refractivity contribution in [1.29, 1.82) is 0 Å². The van der Waals surface area contributed by atoms with Gasteiger partial charge in [0.05, 0.1) is 6.04 Å². The molecule has 1 heterocycles. The largest absolute Gasteiger partial charge is 0.362 e. The number of amides is 1. The van der Waals surface area contributed by atoms with Crippen molar-refractivity contribution in [3.8, 4) is 0 Å². The molecule has 0 radical (unpaired) electrons. The summed E-state index contributed by atoms with van der Waals surface area (Å²) in [7, 11) is 0. The van der Waals surface area contributed by atoms with E-state index in [4.69, 9.17) is 0 Å². The quantitative estimate of drug-likeness (QED) is 0.795. The van der Waals surface area contributed by atoms with E-state index < -0.39 is 0 Å². The molecule has 2 N–H and O–H groups in total. The van der Waals surface area contributed by atoms with E-state index in [1.165, 1.54) is 0 Å². The predicted octanol–water partition coefficient (Wildman–Crippen LogP) is 3.72. The third-order valence-corrected chi connectivity index (χ3v) is 3.87. The summed E-state index contributed by atoms with van der Waals surface area (Å²) >= 11 is 1.57. The summed E-state index contributed by atoms with van der Waals surface area (Å²) in [6, 6.07) is 11.8. The minimum Gasteiger partial charge on any atom is -0.362 e. The maximum atomic E-state index is 11.4. The summed E-state index contributed by atoms with van der Waals surface area (Å²) in [4.78, 5) is 11.4. The van der Waals surface area contributed by atoms with E-state index in [0.717, 1.165) is 22.1 Å². The Labute approximate surface area is 134 Å². The number of nitrogens with zero attached hydrogens (tertiary/aromatic N) is 2. The third kappa shape index (κ3) is 4.46. The van der Waals surface area contributed by atoms with E-state index in [1.807, 2.05) is 49.6 Å². The highest BCUT2D eigenvalue weighted by atomic mass is 32.2. The van der Waals surface area contributed by atoms with E-state index in [2.05, 4.69) is 27.8 Å². The predicted molar refractivity (Wildman–Crippen MR) is 91.2 cm³/mol. The molecular formula is C16H20N4OS. The molecule has 5 nitrogen and oxygen atoms in total. The topological polar surface area (TPSA) is 66.9 Å². The Morgan fingerprint density at radius 2 is 1.91 bits per heavy atom. The molecule has 0 saturated carbocycles. The van der Waals surface area contributed by atoms with Crippen molar-refractivity contribution in [3.63, 3.8) is 0 Å². The minimum absolute atomic E-state index is 0.0167. The average Bonchev–Trinajstić information content (AvgIpc) is 2.56. The second-order valence-corrected chi connectivity index (χ2v) is 5.68. The normalized spacial score (nSPS) is 11.8. The Morgan fingerprint density at radius 3 is 2.45 bits per heavy atom. The lowest BCUT2D eigenvalue weighted by molar-refractivity contribution is -0.115. The third-order valence-electron chi connectivity index (χ3n) is 3.23. The SMILES string of the molecule is CCC(=O)Nc1ccc(C(C)Nc2ccc(SC)nn2)cc1. The Bertz CT molecular complexity index is 613. The Hall–Kier alpha value is -2.08. The molecule has 1 unspecified atom stereocenters. The maximum Gasteiger partial charge on any atom is 0.224 e. The number of carbonyl (C=O) groups is 1. The minimum atomic E-state index is 0.0167. The Kier molecular flexibility index (Phi) is 5.77. The van der Waals surface area contributed by atoms with Crippen molar-refractivity contribution in [2.75, 3.05) is 16.9 Å². The van der Waals surface area contributed by atoms with Crippen molar-refractivity contribution in [2.45, 2.75) is 31.3 Å². The van der Waals surface area contributed by atoms with Crippen LogP contribution in [0.25, 0.3) is 0 Å². The van der Waals surface area contributed by atoms with Crippen molar-refractivity contribution in [1.82, 2.24) is 10.2 Å². The molecule has 0 fully saturated rings. The average molecular weight is 316 g/mol. The number of benzene rings is 1. The van der Waals surface area contributed by atoms with Gasteiger partial charge in [-0.3, -0.25) is 4.79 Å². The summed E-state index contributed by atoms with van der Waals surface area (Å²) in [5, 5.41) is 15.3. The second kappa shape index (κ2) is 7.79. The van der Waals surface area contributed by atoms with Crippen LogP contribution in [0.15, 0.2) is 41.4 Å². The molecule has 2 rings (SSSR count). The zero-order chi connectivity index (χ0) is 15.9. The number of hydrogen-bond acceptors (Lipinski definition) is 5. The van der Waals surface area contributed by atoms with Gasteiger partial charge in [0.25, 0.3) is 0 Å². The molecule has 116 valence electrons. The van der Waals surface area contributed by atoms with Crippen molar-refractivity contribution < 1.29 is 4.79 Å². The first-order valence-electron chi connectivity index (χ1n) is 7.16. The van der Waals surface area contributed by atoms with Gasteiger partial charge in [-0.1, -0.05) is 19.1 Å². The summed E-state index contributed by atoms with van der Waals surface area (Å²) in [6.07, 6.45) is 2.45. The molecule has 2 aromatic rings. The summed E-state index contributed by atoms with van der Waals surface area (Å²) < 4.78 is 0. The monoisotopic (exact) mass is 316 g/mol. The highest BCUT2D eigenvalue weighted by Gasteiger charge is 2.07. The number of aromatic nitrogens is 2. The number of nitrogens with one attached hydrogen (secondary N) is 2. The van der Waals surface area contributed by atoms with Crippen LogP contribution in [0.2, 0.25) is 0 Å². The maximum absolute atomic E-state index is 11.4. The molecule has 22 heavy (non-hydrogen) atoms. The fourth-order valence-electron chi connectivity index (χ4n) is 1.92. The van der Waals surface area contributed by atoms with Crippen molar-refractivity contribution >= 4 is 29.2 Å². The van der Waals surface area contributed by atoms with E-state index in [1.54, 1.807) is 11.8 Å². The fourth-order valence-corrected chi connectivity index (χ4v) is 2.24. The first kappa shape index (κ1) is 16.3. The fraction of sp³-hybridized carbons (Fsp3) is 0.312. The lowest BCUT2D eigenvalue weighted by atomic mass is 10.1. The summed E-state index contributed by atoms with van der Waals surface area (Å²) in [6.45, 7) is 3.89. The van der Waals surface area contributed by atoms with Gasteiger partial charge < -0.3 is 10.6 Å². The Balaban J connectivity index is 1.99. The van der Waals surface area contributed by atoms with Crippen molar-refractivity contribution in [3.05, 3.63) is 42.0 Å². The van der Waals surface area contributed by atoms with Gasteiger partial charge in [-0.25, -0.2) is 0 Å². The first-order chi connectivity index (χ1) is 10.6. The number of anilines is 2. The van der Waals surface area contributed by atoms with Crippen LogP contribution in [-0.4, -0.2) is 22.4 Å². The highest BCUT2D eigenvalue weighted by Crippen LogP contribution is 2.20. The molecule has 1 aromatic heterocycles. The van der Waals surface area contributed by atoms with Crippen LogP contribution < -0.4 is 10.6 Å².